The van der Waals surface area contributed by atoms with E-state index in [1.54, 1.807) is 30.3 Å². The van der Waals surface area contributed by atoms with Gasteiger partial charge in [-0.25, -0.2) is 4.79 Å². The number of nitrogens with two attached hydrogens (primary N) is 1. The van der Waals surface area contributed by atoms with Gasteiger partial charge in [-0.2, -0.15) is 0 Å². The summed E-state index contributed by atoms with van der Waals surface area (Å²) in [5.41, 5.74) is 4.53. The molecule has 1 aromatic heterocycles. The highest BCUT2D eigenvalue weighted by molar-refractivity contribution is 5.96. The molecule has 0 aliphatic rings. The van der Waals surface area contributed by atoms with Gasteiger partial charge in [0.2, 0.25) is 0 Å². The Hall–Kier alpha value is -2.83. The number of oxime groups is 1. The van der Waals surface area contributed by atoms with Gasteiger partial charge in [-0.1, -0.05) is 23.4 Å². The lowest BCUT2D eigenvalue weighted by atomic mass is 10.3. The molecule has 0 unspecified atom stereocenters. The first-order valence-electron chi connectivity index (χ1n) is 5.03. The van der Waals surface area contributed by atoms with Crippen LogP contribution in [0.1, 0.15) is 5.56 Å². The molecule has 0 fully saturated rings. The van der Waals surface area contributed by atoms with E-state index in [1.165, 1.54) is 10.8 Å². The van der Waals surface area contributed by atoms with Gasteiger partial charge in [-0.05, 0) is 12.1 Å². The van der Waals surface area contributed by atoms with E-state index in [0.717, 1.165) is 0 Å². The monoisotopic (exact) mass is 246 g/mol. The van der Waals surface area contributed by atoms with E-state index >= 15 is 0 Å². The molecule has 0 saturated heterocycles. The standard InChI is InChI=1S/C11H10N4O3/c12-9(14-18)8-6-15(11(17)13-10(8)16)7-4-2-1-3-5-7/h1-6,18H,(H2,12,14)(H,13,16,17). The maximum absolute atomic E-state index is 11.7. The molecule has 0 spiro atoms. The minimum Gasteiger partial charge on any atom is -0.409 e. The zero-order chi connectivity index (χ0) is 13.1. The first kappa shape index (κ1) is 11.6. The summed E-state index contributed by atoms with van der Waals surface area (Å²) in [6.07, 6.45) is 1.23. The normalized spacial score (nSPS) is 11.4. The minimum atomic E-state index is -0.706. The second-order valence-corrected chi connectivity index (χ2v) is 3.49. The molecular weight excluding hydrogens is 236 g/mol. The van der Waals surface area contributed by atoms with Crippen molar-refractivity contribution in [1.29, 1.82) is 0 Å². The fourth-order valence-corrected chi connectivity index (χ4v) is 1.49. The van der Waals surface area contributed by atoms with Gasteiger partial charge in [0.05, 0.1) is 5.69 Å². The molecule has 18 heavy (non-hydrogen) atoms. The molecular formula is C11H10N4O3. The molecule has 92 valence electrons. The molecule has 2 rings (SSSR count). The van der Waals surface area contributed by atoms with Gasteiger partial charge in [0.25, 0.3) is 5.56 Å². The molecule has 0 bridgehead atoms. The van der Waals surface area contributed by atoms with Gasteiger partial charge in [-0.3, -0.25) is 14.3 Å². The van der Waals surface area contributed by atoms with Crippen LogP contribution in [0.25, 0.3) is 5.69 Å². The first-order valence-corrected chi connectivity index (χ1v) is 5.03. The van der Waals surface area contributed by atoms with Crippen LogP contribution in [0.5, 0.6) is 0 Å². The van der Waals surface area contributed by atoms with E-state index in [-0.39, 0.29) is 11.4 Å². The molecule has 7 heteroatoms. The van der Waals surface area contributed by atoms with Crippen molar-refractivity contribution in [3.8, 4) is 5.69 Å². The summed E-state index contributed by atoms with van der Waals surface area (Å²) >= 11 is 0. The number of para-hydroxylation sites is 1. The lowest BCUT2D eigenvalue weighted by Crippen LogP contribution is -2.34. The molecule has 0 radical (unpaired) electrons. The van der Waals surface area contributed by atoms with Crippen LogP contribution in [-0.4, -0.2) is 20.6 Å². The van der Waals surface area contributed by atoms with Gasteiger partial charge in [0.15, 0.2) is 5.84 Å². The summed E-state index contributed by atoms with van der Waals surface area (Å²) < 4.78 is 1.20. The molecule has 1 aromatic carbocycles. The average molecular weight is 246 g/mol. The zero-order valence-electron chi connectivity index (χ0n) is 9.20. The number of rotatable bonds is 2. The van der Waals surface area contributed by atoms with Gasteiger partial charge in [0.1, 0.15) is 5.56 Å². The van der Waals surface area contributed by atoms with Gasteiger partial charge in [-0.15, -0.1) is 0 Å². The molecule has 0 amide bonds. The minimum absolute atomic E-state index is 0.0825. The highest BCUT2D eigenvalue weighted by Gasteiger charge is 2.09. The summed E-state index contributed by atoms with van der Waals surface area (Å²) in [5, 5.41) is 11.3. The number of nitrogens with one attached hydrogen (secondary N) is 1. The molecule has 0 saturated carbocycles. The van der Waals surface area contributed by atoms with Crippen molar-refractivity contribution in [2.24, 2.45) is 10.9 Å². The van der Waals surface area contributed by atoms with Crippen LogP contribution in [0.4, 0.5) is 0 Å². The van der Waals surface area contributed by atoms with Crippen molar-refractivity contribution < 1.29 is 5.21 Å². The lowest BCUT2D eigenvalue weighted by molar-refractivity contribution is 0.318. The molecule has 0 aliphatic heterocycles. The number of H-pyrrole nitrogens is 1. The molecule has 1 heterocycles. The van der Waals surface area contributed by atoms with Crippen LogP contribution >= 0.6 is 0 Å². The van der Waals surface area contributed by atoms with E-state index in [1.807, 2.05) is 0 Å². The second kappa shape index (κ2) is 4.58. The number of amidine groups is 1. The van der Waals surface area contributed by atoms with E-state index in [4.69, 9.17) is 10.9 Å². The van der Waals surface area contributed by atoms with Crippen LogP contribution in [0.15, 0.2) is 51.3 Å². The quantitative estimate of drug-likeness (QED) is 0.290. The Morgan fingerprint density at radius 1 is 1.28 bits per heavy atom. The number of aromatic amines is 1. The Labute approximate surface area is 101 Å². The smallest absolute Gasteiger partial charge is 0.332 e. The third-order valence-electron chi connectivity index (χ3n) is 2.36. The number of hydrogen-bond donors (Lipinski definition) is 3. The predicted octanol–water partition coefficient (Wildman–Crippen LogP) is -0.380. The van der Waals surface area contributed by atoms with Gasteiger partial charge >= 0.3 is 5.69 Å². The van der Waals surface area contributed by atoms with E-state index in [0.29, 0.717) is 5.69 Å². The van der Waals surface area contributed by atoms with E-state index in [2.05, 4.69) is 10.1 Å². The number of nitrogens with zero attached hydrogens (tertiary/aromatic N) is 2. The van der Waals surface area contributed by atoms with E-state index < -0.39 is 11.2 Å². The molecule has 2 aromatic rings. The lowest BCUT2D eigenvalue weighted by Gasteiger charge is -2.06. The Kier molecular flexibility index (Phi) is 2.96. The van der Waals surface area contributed by atoms with Crippen LogP contribution in [0.2, 0.25) is 0 Å². The maximum atomic E-state index is 11.7. The molecule has 4 N–H and O–H groups in total. The fourth-order valence-electron chi connectivity index (χ4n) is 1.49. The van der Waals surface area contributed by atoms with Crippen molar-refractivity contribution in [2.75, 3.05) is 0 Å². The van der Waals surface area contributed by atoms with Crippen molar-refractivity contribution in [3.63, 3.8) is 0 Å². The summed E-state index contributed by atoms with van der Waals surface area (Å²) in [6.45, 7) is 0. The van der Waals surface area contributed by atoms with Crippen LogP contribution in [0, 0.1) is 0 Å². The first-order chi connectivity index (χ1) is 8.63. The molecule has 0 atom stereocenters. The van der Waals surface area contributed by atoms with Crippen molar-refractivity contribution in [2.45, 2.75) is 0 Å². The fraction of sp³-hybridized carbons (Fsp3) is 0. The Morgan fingerprint density at radius 2 is 1.94 bits per heavy atom. The number of aromatic nitrogens is 2. The topological polar surface area (TPSA) is 113 Å². The Balaban J connectivity index is 2.71. The van der Waals surface area contributed by atoms with Crippen LogP contribution in [-0.2, 0) is 0 Å². The zero-order valence-corrected chi connectivity index (χ0v) is 9.20. The summed E-state index contributed by atoms with van der Waals surface area (Å²) in [7, 11) is 0. The summed E-state index contributed by atoms with van der Waals surface area (Å²) in [6, 6.07) is 8.67. The molecule has 7 nitrogen and oxygen atoms in total. The number of benzene rings is 1. The molecule has 0 aliphatic carbocycles. The summed E-state index contributed by atoms with van der Waals surface area (Å²) in [5.74, 6) is -0.360. The second-order valence-electron chi connectivity index (χ2n) is 3.49. The van der Waals surface area contributed by atoms with Crippen molar-refractivity contribution in [3.05, 3.63) is 62.9 Å². The highest BCUT2D eigenvalue weighted by atomic mass is 16.4. The number of hydrogen-bond acceptors (Lipinski definition) is 4. The van der Waals surface area contributed by atoms with Gasteiger partial charge in [0, 0.05) is 6.20 Å². The van der Waals surface area contributed by atoms with Crippen molar-refractivity contribution >= 4 is 5.84 Å². The Bertz CT molecular complexity index is 700. The van der Waals surface area contributed by atoms with Crippen LogP contribution in [0.3, 0.4) is 0 Å². The largest absolute Gasteiger partial charge is 0.409 e. The average Bonchev–Trinajstić information content (AvgIpc) is 2.39. The SMILES string of the molecule is N/C(=N\O)c1cn(-c2ccccc2)c(=O)[nH]c1=O. The third-order valence-corrected chi connectivity index (χ3v) is 2.36. The highest BCUT2D eigenvalue weighted by Crippen LogP contribution is 2.03. The maximum Gasteiger partial charge on any atom is 0.332 e. The van der Waals surface area contributed by atoms with Crippen molar-refractivity contribution in [1.82, 2.24) is 9.55 Å². The Morgan fingerprint density at radius 3 is 2.56 bits per heavy atom. The van der Waals surface area contributed by atoms with E-state index in [9.17, 15) is 9.59 Å². The summed E-state index contributed by atoms with van der Waals surface area (Å²) in [4.78, 5) is 25.3. The third kappa shape index (κ3) is 2.01. The van der Waals surface area contributed by atoms with Crippen LogP contribution < -0.4 is 17.0 Å². The predicted molar refractivity (Wildman–Crippen MR) is 65.2 cm³/mol. The van der Waals surface area contributed by atoms with Gasteiger partial charge < -0.3 is 10.9 Å².